The molecule has 122 valence electrons. The van der Waals surface area contributed by atoms with Gasteiger partial charge in [0.1, 0.15) is 12.6 Å². The summed E-state index contributed by atoms with van der Waals surface area (Å²) in [5, 5.41) is 0. The van der Waals surface area contributed by atoms with Gasteiger partial charge in [0.25, 0.3) is 0 Å². The van der Waals surface area contributed by atoms with Gasteiger partial charge in [-0.15, -0.1) is 0 Å². The van der Waals surface area contributed by atoms with Crippen LogP contribution in [0, 0.1) is 22.7 Å². The van der Waals surface area contributed by atoms with Crippen LogP contribution in [0.1, 0.15) is 65.7 Å². The van der Waals surface area contributed by atoms with Crippen molar-refractivity contribution >= 4 is 12.6 Å². The van der Waals surface area contributed by atoms with Gasteiger partial charge in [0, 0.05) is 6.42 Å². The molecular formula is C20H30O2. The lowest BCUT2D eigenvalue weighted by Gasteiger charge is -2.58. The Morgan fingerprint density at radius 2 is 2.00 bits per heavy atom. The largest absolute Gasteiger partial charge is 0.303 e. The van der Waals surface area contributed by atoms with Gasteiger partial charge in [-0.05, 0) is 60.3 Å². The lowest BCUT2D eigenvalue weighted by atomic mass is 9.47. The number of carbonyl (C=O) groups is 2. The summed E-state index contributed by atoms with van der Waals surface area (Å²) in [6, 6.07) is 0. The normalized spacial score (nSPS) is 34.9. The van der Waals surface area contributed by atoms with E-state index in [2.05, 4.69) is 27.4 Å². The molecule has 22 heavy (non-hydrogen) atoms. The standard InChI is InChI=1S/C20H30O2/c1-15-6-9-18-19(2,3)11-5-12-20(18,4)17(15)8-7-16(14-22)10-13-21/h7,13-14,17-18H,1,5-6,8-12H2,2-4H3/b16-7-/t17-,18+,20+/m0/s1. The fourth-order valence-corrected chi connectivity index (χ4v) is 5.25. The van der Waals surface area contributed by atoms with Gasteiger partial charge in [-0.2, -0.15) is 0 Å². The average molecular weight is 302 g/mol. The molecule has 2 heteroatoms. The van der Waals surface area contributed by atoms with Gasteiger partial charge in [0.2, 0.25) is 0 Å². The Kier molecular flexibility index (Phi) is 5.09. The molecule has 0 aromatic rings. The summed E-state index contributed by atoms with van der Waals surface area (Å²) in [5.74, 6) is 1.16. The summed E-state index contributed by atoms with van der Waals surface area (Å²) < 4.78 is 0. The molecule has 2 nitrogen and oxygen atoms in total. The second kappa shape index (κ2) is 6.52. The van der Waals surface area contributed by atoms with Gasteiger partial charge in [-0.25, -0.2) is 0 Å². The fraction of sp³-hybridized carbons (Fsp3) is 0.700. The molecule has 2 fully saturated rings. The van der Waals surface area contributed by atoms with E-state index in [-0.39, 0.29) is 11.8 Å². The molecule has 2 rings (SSSR count). The second-order valence-corrected chi connectivity index (χ2v) is 8.15. The van der Waals surface area contributed by atoms with Crippen molar-refractivity contribution in [3.63, 3.8) is 0 Å². The van der Waals surface area contributed by atoms with Crippen molar-refractivity contribution in [2.75, 3.05) is 0 Å². The molecule has 0 spiro atoms. The zero-order valence-corrected chi connectivity index (χ0v) is 14.4. The maximum absolute atomic E-state index is 11.1. The van der Waals surface area contributed by atoms with E-state index in [1.807, 2.05) is 6.08 Å². The number of allylic oxidation sites excluding steroid dienone is 3. The van der Waals surface area contributed by atoms with E-state index in [1.54, 1.807) is 0 Å². The number of aldehydes is 2. The first-order valence-electron chi connectivity index (χ1n) is 8.60. The van der Waals surface area contributed by atoms with Crippen LogP contribution in [0.5, 0.6) is 0 Å². The van der Waals surface area contributed by atoms with Crippen LogP contribution in [0.2, 0.25) is 0 Å². The van der Waals surface area contributed by atoms with Crippen LogP contribution >= 0.6 is 0 Å². The van der Waals surface area contributed by atoms with E-state index >= 15 is 0 Å². The molecule has 0 aromatic heterocycles. The molecule has 0 heterocycles. The van der Waals surface area contributed by atoms with Crippen molar-refractivity contribution in [1.82, 2.24) is 0 Å². The molecule has 2 aliphatic rings. The minimum atomic E-state index is 0.230. The summed E-state index contributed by atoms with van der Waals surface area (Å²) in [6.07, 6.45) is 10.9. The first kappa shape index (κ1) is 17.2. The molecular weight excluding hydrogens is 272 g/mol. The minimum absolute atomic E-state index is 0.230. The van der Waals surface area contributed by atoms with E-state index < -0.39 is 0 Å². The smallest absolute Gasteiger partial charge is 0.146 e. The Labute approximate surface area is 135 Å². The number of rotatable bonds is 5. The second-order valence-electron chi connectivity index (χ2n) is 8.15. The molecule has 0 saturated heterocycles. The number of fused-ring (bicyclic) bond motifs is 1. The van der Waals surface area contributed by atoms with Crippen molar-refractivity contribution in [2.45, 2.75) is 65.7 Å². The third-order valence-corrected chi connectivity index (χ3v) is 6.41. The molecule has 3 atom stereocenters. The molecule has 0 amide bonds. The van der Waals surface area contributed by atoms with Crippen LogP contribution in [0.4, 0.5) is 0 Å². The van der Waals surface area contributed by atoms with Gasteiger partial charge < -0.3 is 4.79 Å². The summed E-state index contributed by atoms with van der Waals surface area (Å²) in [5.41, 5.74) is 2.63. The highest BCUT2D eigenvalue weighted by atomic mass is 16.1. The lowest BCUT2D eigenvalue weighted by Crippen LogP contribution is -2.49. The molecule has 0 radical (unpaired) electrons. The Morgan fingerprint density at radius 1 is 1.27 bits per heavy atom. The zero-order valence-electron chi connectivity index (χ0n) is 14.4. The van der Waals surface area contributed by atoms with Crippen LogP contribution in [0.3, 0.4) is 0 Å². The Morgan fingerprint density at radius 3 is 2.64 bits per heavy atom. The van der Waals surface area contributed by atoms with Crippen molar-refractivity contribution in [2.24, 2.45) is 22.7 Å². The first-order valence-corrected chi connectivity index (χ1v) is 8.60. The Bertz CT molecular complexity index is 486. The van der Waals surface area contributed by atoms with E-state index in [0.717, 1.165) is 31.3 Å². The summed E-state index contributed by atoms with van der Waals surface area (Å²) in [4.78, 5) is 21.7. The van der Waals surface area contributed by atoms with E-state index in [4.69, 9.17) is 0 Å². The Balaban J connectivity index is 2.26. The number of carbonyl (C=O) groups excluding carboxylic acids is 2. The maximum Gasteiger partial charge on any atom is 0.146 e. The molecule has 2 saturated carbocycles. The summed E-state index contributed by atoms with van der Waals surface area (Å²) in [7, 11) is 0. The van der Waals surface area contributed by atoms with Gasteiger partial charge in [-0.1, -0.05) is 45.4 Å². The third kappa shape index (κ3) is 3.11. The summed E-state index contributed by atoms with van der Waals surface area (Å²) in [6.45, 7) is 11.6. The molecule has 0 aliphatic heterocycles. The predicted molar refractivity (Wildman–Crippen MR) is 90.5 cm³/mol. The molecule has 0 unspecified atom stereocenters. The molecule has 2 aliphatic carbocycles. The minimum Gasteiger partial charge on any atom is -0.303 e. The van der Waals surface area contributed by atoms with Crippen LogP contribution < -0.4 is 0 Å². The van der Waals surface area contributed by atoms with Crippen LogP contribution in [-0.2, 0) is 9.59 Å². The quantitative estimate of drug-likeness (QED) is 0.411. The number of hydrogen-bond acceptors (Lipinski definition) is 2. The highest BCUT2D eigenvalue weighted by molar-refractivity contribution is 5.78. The van der Waals surface area contributed by atoms with E-state index in [0.29, 0.717) is 16.9 Å². The highest BCUT2D eigenvalue weighted by Crippen LogP contribution is 2.61. The molecule has 0 aromatic carbocycles. The number of hydrogen-bond donors (Lipinski definition) is 0. The Hall–Kier alpha value is -1.18. The van der Waals surface area contributed by atoms with Crippen molar-refractivity contribution in [3.05, 3.63) is 23.8 Å². The van der Waals surface area contributed by atoms with Crippen molar-refractivity contribution in [3.8, 4) is 0 Å². The summed E-state index contributed by atoms with van der Waals surface area (Å²) >= 11 is 0. The molecule has 0 bridgehead atoms. The van der Waals surface area contributed by atoms with Gasteiger partial charge in [-0.3, -0.25) is 4.79 Å². The van der Waals surface area contributed by atoms with E-state index in [9.17, 15) is 9.59 Å². The highest BCUT2D eigenvalue weighted by Gasteiger charge is 2.52. The third-order valence-electron chi connectivity index (χ3n) is 6.41. The first-order chi connectivity index (χ1) is 10.3. The van der Waals surface area contributed by atoms with Crippen LogP contribution in [-0.4, -0.2) is 12.6 Å². The maximum atomic E-state index is 11.1. The zero-order chi connectivity index (χ0) is 16.4. The average Bonchev–Trinajstić information content (AvgIpc) is 2.44. The van der Waals surface area contributed by atoms with Crippen LogP contribution in [0.25, 0.3) is 0 Å². The predicted octanol–water partition coefficient (Wildman–Crippen LogP) is 4.89. The monoisotopic (exact) mass is 302 g/mol. The topological polar surface area (TPSA) is 34.1 Å². The van der Waals surface area contributed by atoms with E-state index in [1.165, 1.54) is 31.3 Å². The van der Waals surface area contributed by atoms with Gasteiger partial charge >= 0.3 is 0 Å². The van der Waals surface area contributed by atoms with Crippen molar-refractivity contribution in [1.29, 1.82) is 0 Å². The van der Waals surface area contributed by atoms with Gasteiger partial charge in [0.15, 0.2) is 0 Å². The lowest BCUT2D eigenvalue weighted by molar-refractivity contribution is -0.109. The SMILES string of the molecule is C=C1CC[C@@H]2C(C)(C)CCC[C@]2(C)[C@H]1C/C=C(\C=O)CC=O. The molecule has 0 N–H and O–H groups in total. The van der Waals surface area contributed by atoms with Crippen LogP contribution in [0.15, 0.2) is 23.8 Å². The van der Waals surface area contributed by atoms with Crippen molar-refractivity contribution < 1.29 is 9.59 Å². The fourth-order valence-electron chi connectivity index (χ4n) is 5.25. The van der Waals surface area contributed by atoms with Gasteiger partial charge in [0.05, 0.1) is 0 Å².